The van der Waals surface area contributed by atoms with E-state index in [0.29, 0.717) is 28.9 Å². The lowest BCUT2D eigenvalue weighted by atomic mass is 9.85. The molecule has 0 radical (unpaired) electrons. The molecule has 2 aliphatic rings. The van der Waals surface area contributed by atoms with Crippen LogP contribution in [0.25, 0.3) is 6.08 Å². The van der Waals surface area contributed by atoms with E-state index in [1.54, 1.807) is 17.8 Å². The van der Waals surface area contributed by atoms with E-state index in [4.69, 9.17) is 14.7 Å². The molecule has 0 bridgehead atoms. The van der Waals surface area contributed by atoms with Gasteiger partial charge in [0.1, 0.15) is 6.07 Å². The first-order valence-electron chi connectivity index (χ1n) is 11.9. The Labute approximate surface area is 205 Å². The highest BCUT2D eigenvalue weighted by molar-refractivity contribution is 8.05. The fraction of sp³-hybridized carbons (Fsp3) is 0.407. The summed E-state index contributed by atoms with van der Waals surface area (Å²) in [7, 11) is 0. The molecular formula is C27H31N3O3S. The number of carbonyl (C=O) groups excluding carboxylic acids is 1. The lowest BCUT2D eigenvalue weighted by Gasteiger charge is -2.39. The molecule has 1 aliphatic carbocycles. The van der Waals surface area contributed by atoms with Crippen LogP contribution in [-0.2, 0) is 4.79 Å². The summed E-state index contributed by atoms with van der Waals surface area (Å²) >= 11 is 1.56. The average molecular weight is 478 g/mol. The van der Waals surface area contributed by atoms with Crippen molar-refractivity contribution in [2.45, 2.75) is 51.1 Å². The predicted octanol–water partition coefficient (Wildman–Crippen LogP) is 5.88. The molecular weight excluding hydrogens is 446 g/mol. The highest BCUT2D eigenvalue weighted by atomic mass is 32.2. The fourth-order valence-electron chi connectivity index (χ4n) is 4.63. The molecule has 1 saturated heterocycles. The van der Waals surface area contributed by atoms with E-state index in [1.807, 2.05) is 61.5 Å². The van der Waals surface area contributed by atoms with Crippen LogP contribution in [0.4, 0.5) is 5.69 Å². The van der Waals surface area contributed by atoms with Gasteiger partial charge in [0.05, 0.1) is 11.5 Å². The van der Waals surface area contributed by atoms with Gasteiger partial charge in [-0.3, -0.25) is 4.79 Å². The molecule has 0 spiro atoms. The molecule has 178 valence electrons. The number of amides is 1. The average Bonchev–Trinajstić information content (AvgIpc) is 3.14. The Morgan fingerprint density at radius 2 is 1.94 bits per heavy atom. The molecule has 6 nitrogen and oxygen atoms in total. The molecule has 34 heavy (non-hydrogen) atoms. The maximum absolute atomic E-state index is 13.7. The van der Waals surface area contributed by atoms with E-state index in [-0.39, 0.29) is 24.1 Å². The quantitative estimate of drug-likeness (QED) is 0.479. The number of anilines is 1. The Bertz CT molecular complexity index is 1070. The number of ether oxygens (including phenoxy) is 2. The van der Waals surface area contributed by atoms with Crippen molar-refractivity contribution in [3.8, 4) is 17.6 Å². The van der Waals surface area contributed by atoms with Crippen molar-refractivity contribution in [3.63, 3.8) is 0 Å². The summed E-state index contributed by atoms with van der Waals surface area (Å²) in [5, 5.41) is 12.4. The molecule has 1 saturated carbocycles. The van der Waals surface area contributed by atoms with Crippen LogP contribution < -0.4 is 14.8 Å². The van der Waals surface area contributed by atoms with Crippen molar-refractivity contribution in [1.29, 1.82) is 5.26 Å². The maximum atomic E-state index is 13.7. The third-order valence-corrected chi connectivity index (χ3v) is 7.40. The molecule has 2 aromatic rings. The summed E-state index contributed by atoms with van der Waals surface area (Å²) in [4.78, 5) is 16.4. The molecule has 4 rings (SSSR count). The van der Waals surface area contributed by atoms with Gasteiger partial charge in [-0.05, 0) is 61.6 Å². The Hall–Kier alpha value is -3.11. The van der Waals surface area contributed by atoms with Gasteiger partial charge in [-0.15, -0.1) is 0 Å². The minimum absolute atomic E-state index is 0.0454. The fourth-order valence-corrected chi connectivity index (χ4v) is 5.84. The Kier molecular flexibility index (Phi) is 8.02. The summed E-state index contributed by atoms with van der Waals surface area (Å²) in [6.45, 7) is 4.60. The van der Waals surface area contributed by atoms with Gasteiger partial charge in [-0.25, -0.2) is 0 Å². The summed E-state index contributed by atoms with van der Waals surface area (Å²) in [5.41, 5.74) is 1.71. The van der Waals surface area contributed by atoms with E-state index in [0.717, 1.165) is 30.5 Å². The Morgan fingerprint density at radius 1 is 1.15 bits per heavy atom. The second kappa shape index (κ2) is 11.3. The number of nitriles is 1. The number of rotatable bonds is 8. The van der Waals surface area contributed by atoms with Crippen LogP contribution in [0.1, 0.15) is 45.1 Å². The third kappa shape index (κ3) is 5.51. The van der Waals surface area contributed by atoms with Crippen LogP contribution >= 0.6 is 11.8 Å². The van der Waals surface area contributed by atoms with Gasteiger partial charge in [0.15, 0.2) is 23.6 Å². The summed E-state index contributed by atoms with van der Waals surface area (Å²) in [6, 6.07) is 17.8. The first kappa shape index (κ1) is 24.0. The number of hydrogen-bond acceptors (Lipinski definition) is 6. The molecule has 0 aromatic heterocycles. The lowest BCUT2D eigenvalue weighted by molar-refractivity contribution is -0.129. The number of nitrogens with zero attached hydrogens (tertiary/aromatic N) is 2. The standard InChI is InChI=1S/C27H31N3O3S/c1-3-32-24-17-20(13-14-23(24)33-16-15-28)18-25-26(31)30(22-12-8-7-9-19(22)2)27(34-25)29-21-10-5-4-6-11-21/h4-6,10-11,13-14,17-19,22,27,29H,3,7-9,12,16H2,1-2H3/b25-18-/t19-,22+,27?/m1/s1. The second-order valence-electron chi connectivity index (χ2n) is 8.62. The minimum Gasteiger partial charge on any atom is -0.490 e. The van der Waals surface area contributed by atoms with Gasteiger partial charge < -0.3 is 19.7 Å². The van der Waals surface area contributed by atoms with Crippen molar-refractivity contribution < 1.29 is 14.3 Å². The number of thioether (sulfide) groups is 1. The van der Waals surface area contributed by atoms with Gasteiger partial charge >= 0.3 is 0 Å². The molecule has 1 unspecified atom stereocenters. The molecule has 2 aromatic carbocycles. The smallest absolute Gasteiger partial charge is 0.262 e. The van der Waals surface area contributed by atoms with Crippen LogP contribution in [0.15, 0.2) is 53.4 Å². The molecule has 1 amide bonds. The molecule has 3 atom stereocenters. The maximum Gasteiger partial charge on any atom is 0.262 e. The monoisotopic (exact) mass is 477 g/mol. The number of carbonyl (C=O) groups is 1. The zero-order valence-electron chi connectivity index (χ0n) is 19.7. The van der Waals surface area contributed by atoms with Gasteiger partial charge in [0.25, 0.3) is 5.91 Å². The third-order valence-electron chi connectivity index (χ3n) is 6.28. The Balaban J connectivity index is 1.63. The van der Waals surface area contributed by atoms with Gasteiger partial charge in [-0.2, -0.15) is 5.26 Å². The molecule has 1 N–H and O–H groups in total. The number of para-hydroxylation sites is 1. The van der Waals surface area contributed by atoms with E-state index in [2.05, 4.69) is 17.1 Å². The normalized spacial score (nSPS) is 23.6. The van der Waals surface area contributed by atoms with Gasteiger partial charge in [-0.1, -0.05) is 55.8 Å². The zero-order valence-corrected chi connectivity index (χ0v) is 20.5. The highest BCUT2D eigenvalue weighted by Crippen LogP contribution is 2.42. The largest absolute Gasteiger partial charge is 0.490 e. The van der Waals surface area contributed by atoms with E-state index in [1.165, 1.54) is 6.42 Å². The molecule has 1 aliphatic heterocycles. The summed E-state index contributed by atoms with van der Waals surface area (Å²) < 4.78 is 11.2. The van der Waals surface area contributed by atoms with Crippen LogP contribution in [0.2, 0.25) is 0 Å². The van der Waals surface area contributed by atoms with E-state index in [9.17, 15) is 4.79 Å². The minimum atomic E-state index is -0.156. The topological polar surface area (TPSA) is 74.6 Å². The van der Waals surface area contributed by atoms with E-state index < -0.39 is 0 Å². The lowest BCUT2D eigenvalue weighted by Crippen LogP contribution is -2.48. The first-order chi connectivity index (χ1) is 16.6. The summed E-state index contributed by atoms with van der Waals surface area (Å²) in [5.74, 6) is 1.63. The van der Waals surface area contributed by atoms with Crippen molar-refractivity contribution in [2.75, 3.05) is 18.5 Å². The number of benzene rings is 2. The van der Waals surface area contributed by atoms with Crippen molar-refractivity contribution in [3.05, 3.63) is 59.0 Å². The van der Waals surface area contributed by atoms with Crippen molar-refractivity contribution in [1.82, 2.24) is 4.90 Å². The van der Waals surface area contributed by atoms with Gasteiger partial charge in [0, 0.05) is 11.7 Å². The van der Waals surface area contributed by atoms with Gasteiger partial charge in [0.2, 0.25) is 0 Å². The van der Waals surface area contributed by atoms with Crippen LogP contribution in [0, 0.1) is 17.2 Å². The van der Waals surface area contributed by atoms with Crippen LogP contribution in [0.3, 0.4) is 0 Å². The van der Waals surface area contributed by atoms with Crippen molar-refractivity contribution >= 4 is 29.4 Å². The Morgan fingerprint density at radius 3 is 2.68 bits per heavy atom. The van der Waals surface area contributed by atoms with Crippen LogP contribution in [0.5, 0.6) is 11.5 Å². The predicted molar refractivity (Wildman–Crippen MR) is 136 cm³/mol. The van der Waals surface area contributed by atoms with Crippen molar-refractivity contribution in [2.24, 2.45) is 5.92 Å². The first-order valence-corrected chi connectivity index (χ1v) is 12.8. The zero-order chi connectivity index (χ0) is 23.9. The molecule has 1 heterocycles. The second-order valence-corrected chi connectivity index (χ2v) is 9.74. The molecule has 7 heteroatoms. The SMILES string of the molecule is CCOc1cc(/C=C2\SC(Nc3ccccc3)N([C@H]3CCCC[C@H]3C)C2=O)ccc1OCC#N. The number of nitrogens with one attached hydrogen (secondary N) is 1. The highest BCUT2D eigenvalue weighted by Gasteiger charge is 2.42. The van der Waals surface area contributed by atoms with E-state index >= 15 is 0 Å². The summed E-state index contributed by atoms with van der Waals surface area (Å²) in [6.07, 6.45) is 6.50. The molecule has 2 fully saturated rings. The van der Waals surface area contributed by atoms with Crippen LogP contribution in [-0.4, -0.2) is 35.6 Å². The number of hydrogen-bond donors (Lipinski definition) is 1.